The van der Waals surface area contributed by atoms with Gasteiger partial charge in [0.05, 0.1) is 13.1 Å². The number of nitrogens with two attached hydrogens (primary N) is 2. The van der Waals surface area contributed by atoms with E-state index in [2.05, 4.69) is 46.1 Å². The summed E-state index contributed by atoms with van der Waals surface area (Å²) in [6.07, 6.45) is 21.5. The van der Waals surface area contributed by atoms with Gasteiger partial charge in [-0.2, -0.15) is 0 Å². The molecule has 0 bridgehead atoms. The van der Waals surface area contributed by atoms with Crippen LogP contribution in [-0.4, -0.2) is 23.6 Å². The molecule has 0 rings (SSSR count). The van der Waals surface area contributed by atoms with E-state index in [1.54, 1.807) is 0 Å². The smallest absolute Gasteiger partial charge is 0.291 e. The van der Waals surface area contributed by atoms with Crippen LogP contribution in [0.5, 0.6) is 0 Å². The maximum atomic E-state index is 5.92. The Morgan fingerprint density at radius 3 is 1.00 bits per heavy atom. The van der Waals surface area contributed by atoms with Gasteiger partial charge in [-0.15, -0.1) is 0 Å². The van der Waals surface area contributed by atoms with Crippen LogP contribution in [-0.2, 0) is 16.8 Å². The van der Waals surface area contributed by atoms with E-state index in [0.29, 0.717) is 16.8 Å². The number of guanidine groups is 1. The molecule has 0 heterocycles. The van der Waals surface area contributed by atoms with Gasteiger partial charge in [0.2, 0.25) is 0 Å². The molecule has 3 nitrogen and oxygen atoms in total. The van der Waals surface area contributed by atoms with E-state index in [1.807, 2.05) is 0 Å². The van der Waals surface area contributed by atoms with Crippen LogP contribution < -0.4 is 11.5 Å². The van der Waals surface area contributed by atoms with Gasteiger partial charge in [0.1, 0.15) is 0 Å². The summed E-state index contributed by atoms with van der Waals surface area (Å²) in [6, 6.07) is 0. The third-order valence-electron chi connectivity index (χ3n) is 6.07. The van der Waals surface area contributed by atoms with Crippen LogP contribution in [0.15, 0.2) is 0 Å². The zero-order valence-corrected chi connectivity index (χ0v) is 23.2. The van der Waals surface area contributed by atoms with Gasteiger partial charge in [0.15, 0.2) is 0 Å². The Morgan fingerprint density at radius 1 is 0.484 bits per heavy atom. The standard InChI is InChI=1S/C27H57N3.Co/c1-26(2,3)21-17-13-9-7-11-15-19-23-30(25(28)29)24-20-16-12-8-10-14-18-22-27(4,5)6;/h7-24H2,1-6H3,(H3,28,29);/q;+2/p+1. The molecular weight excluding hydrogens is 425 g/mol. The van der Waals surface area contributed by atoms with Crippen molar-refractivity contribution in [2.45, 2.75) is 144 Å². The van der Waals surface area contributed by atoms with Crippen LogP contribution in [0.1, 0.15) is 144 Å². The number of nitrogens with zero attached hydrogens (tertiary/aromatic N) is 1. The molecule has 0 aromatic rings. The SMILES string of the molecule is CC(C)(C)CCCCCCCCC[N+](CCCCCCCCCC(C)(C)C)=C(N)N.[Co+2]. The fraction of sp³-hybridized carbons (Fsp3) is 0.963. The molecule has 0 aliphatic carbocycles. The first-order chi connectivity index (χ1) is 14.0. The summed E-state index contributed by atoms with van der Waals surface area (Å²) in [5, 5.41) is 0. The molecule has 0 spiro atoms. The Bertz CT molecular complexity index is 395. The fourth-order valence-electron chi connectivity index (χ4n) is 4.05. The van der Waals surface area contributed by atoms with E-state index >= 15 is 0 Å². The van der Waals surface area contributed by atoms with E-state index in [0.717, 1.165) is 13.1 Å². The maximum absolute atomic E-state index is 5.92. The summed E-state index contributed by atoms with van der Waals surface area (Å²) in [6.45, 7) is 16.1. The van der Waals surface area contributed by atoms with Crippen molar-refractivity contribution in [1.29, 1.82) is 0 Å². The Kier molecular flexibility index (Phi) is 20.5. The van der Waals surface area contributed by atoms with Gasteiger partial charge < -0.3 is 0 Å². The molecule has 0 aromatic heterocycles. The number of hydrogen-bond acceptors (Lipinski definition) is 0. The summed E-state index contributed by atoms with van der Waals surface area (Å²) in [5.41, 5.74) is 12.8. The topological polar surface area (TPSA) is 55.0 Å². The van der Waals surface area contributed by atoms with Crippen LogP contribution in [0.25, 0.3) is 0 Å². The number of unbranched alkanes of at least 4 members (excludes halogenated alkanes) is 12. The average Bonchev–Trinajstić information content (AvgIpc) is 2.61. The zero-order chi connectivity index (χ0) is 22.9. The minimum absolute atomic E-state index is 0. The molecule has 0 saturated carbocycles. The first-order valence-electron chi connectivity index (χ1n) is 13.1. The van der Waals surface area contributed by atoms with Crippen LogP contribution in [0.3, 0.4) is 0 Å². The molecule has 0 aliphatic heterocycles. The predicted molar refractivity (Wildman–Crippen MR) is 136 cm³/mol. The van der Waals surface area contributed by atoms with E-state index in [1.165, 1.54) is 103 Å². The third kappa shape index (κ3) is 25.9. The van der Waals surface area contributed by atoms with E-state index in [9.17, 15) is 0 Å². The van der Waals surface area contributed by atoms with Crippen molar-refractivity contribution < 1.29 is 21.4 Å². The van der Waals surface area contributed by atoms with Gasteiger partial charge in [0, 0.05) is 0 Å². The van der Waals surface area contributed by atoms with Gasteiger partial charge in [-0.05, 0) is 36.5 Å². The average molecular weight is 484 g/mol. The molecule has 0 aliphatic rings. The molecule has 187 valence electrons. The minimum atomic E-state index is 0. The monoisotopic (exact) mass is 483 g/mol. The molecule has 0 aromatic carbocycles. The van der Waals surface area contributed by atoms with Crippen LogP contribution in [0.4, 0.5) is 0 Å². The number of rotatable bonds is 18. The Balaban J connectivity index is 0. The first-order valence-corrected chi connectivity index (χ1v) is 13.1. The quantitative estimate of drug-likeness (QED) is 0.0912. The largest absolute Gasteiger partial charge is 2.00 e. The molecule has 31 heavy (non-hydrogen) atoms. The first kappa shape index (κ1) is 33.0. The molecule has 0 atom stereocenters. The Morgan fingerprint density at radius 2 is 0.742 bits per heavy atom. The second-order valence-electron chi connectivity index (χ2n) is 12.0. The summed E-state index contributed by atoms with van der Waals surface area (Å²) in [4.78, 5) is 0. The number of hydrogen-bond donors (Lipinski definition) is 2. The van der Waals surface area contributed by atoms with Crippen LogP contribution >= 0.6 is 0 Å². The van der Waals surface area contributed by atoms with Crippen molar-refractivity contribution in [1.82, 2.24) is 0 Å². The van der Waals surface area contributed by atoms with Crippen molar-refractivity contribution in [2.24, 2.45) is 22.3 Å². The molecule has 1 radical (unpaired) electrons. The molecule has 0 saturated heterocycles. The molecule has 0 unspecified atom stereocenters. The third-order valence-corrected chi connectivity index (χ3v) is 6.07. The predicted octanol–water partition coefficient (Wildman–Crippen LogP) is 7.60. The van der Waals surface area contributed by atoms with E-state index in [-0.39, 0.29) is 16.8 Å². The normalized spacial score (nSPS) is 11.9. The minimum Gasteiger partial charge on any atom is -0.291 e. The molecular formula is C27H58CoN3+3. The molecule has 4 N–H and O–H groups in total. The second-order valence-corrected chi connectivity index (χ2v) is 12.0. The van der Waals surface area contributed by atoms with Crippen LogP contribution in [0.2, 0.25) is 0 Å². The van der Waals surface area contributed by atoms with Gasteiger partial charge in [-0.1, -0.05) is 119 Å². The second kappa shape index (κ2) is 19.3. The van der Waals surface area contributed by atoms with Gasteiger partial charge in [0.25, 0.3) is 0 Å². The van der Waals surface area contributed by atoms with Gasteiger partial charge in [-0.25, -0.2) is 0 Å². The van der Waals surface area contributed by atoms with Gasteiger partial charge >= 0.3 is 22.7 Å². The summed E-state index contributed by atoms with van der Waals surface area (Å²) in [7, 11) is 0. The van der Waals surface area contributed by atoms with Crippen LogP contribution in [0, 0.1) is 10.8 Å². The summed E-state index contributed by atoms with van der Waals surface area (Å²) < 4.78 is 2.20. The molecule has 0 amide bonds. The van der Waals surface area contributed by atoms with E-state index in [4.69, 9.17) is 11.5 Å². The summed E-state index contributed by atoms with van der Waals surface area (Å²) >= 11 is 0. The summed E-state index contributed by atoms with van der Waals surface area (Å²) in [5.74, 6) is 0.513. The molecule has 4 heteroatoms. The molecule has 0 fully saturated rings. The fourth-order valence-corrected chi connectivity index (χ4v) is 4.05. The van der Waals surface area contributed by atoms with Crippen molar-refractivity contribution >= 4 is 5.96 Å². The Labute approximate surface area is 206 Å². The van der Waals surface area contributed by atoms with Crippen molar-refractivity contribution in [3.05, 3.63) is 0 Å². The zero-order valence-electron chi connectivity index (χ0n) is 22.2. The van der Waals surface area contributed by atoms with E-state index < -0.39 is 0 Å². The van der Waals surface area contributed by atoms with Crippen molar-refractivity contribution in [2.75, 3.05) is 13.1 Å². The van der Waals surface area contributed by atoms with Crippen molar-refractivity contribution in [3.63, 3.8) is 0 Å². The van der Waals surface area contributed by atoms with Gasteiger partial charge in [-0.3, -0.25) is 16.0 Å². The van der Waals surface area contributed by atoms with Crippen molar-refractivity contribution in [3.8, 4) is 0 Å². The Hall–Kier alpha value is -0.224. The maximum Gasteiger partial charge on any atom is 2.00 e.